The largest absolute Gasteiger partial charge is 0.437 e. The highest BCUT2D eigenvalue weighted by Gasteiger charge is 2.46. The lowest BCUT2D eigenvalue weighted by Crippen LogP contribution is -2.56. The standard InChI is InChI=1S/C31H39N7O6/c1-20-14-22(15-23(18-32)26(20)33)17-25-28(39)37(2)9-11-43-13-12-42-10-3-4-21-16-24-27(34-19-21)36-30(41)44-31(24)5-7-38(8-6-31)29(40)35-25/h3-4,14-16,18-19,25,32H,5-13,17,33H2,1-2H3,(H,35,40)(H,34,36,41)/p+1/b4-3+,32-18?/t25-/m1/s1. The number of nitrogens with zero attached hydrogens (tertiary/aromatic N) is 3. The Hall–Kier alpha value is -4.49. The average molecular weight is 607 g/mol. The summed E-state index contributed by atoms with van der Waals surface area (Å²) in [6.07, 6.45) is 7.32. The van der Waals surface area contributed by atoms with Gasteiger partial charge in [-0.2, -0.15) is 0 Å². The molecule has 234 valence electrons. The molecule has 0 radical (unpaired) electrons. The lowest BCUT2D eigenvalue weighted by Gasteiger charge is -2.44. The molecule has 4 aliphatic rings. The summed E-state index contributed by atoms with van der Waals surface area (Å²) in [5.74, 6) is 0.194. The summed E-state index contributed by atoms with van der Waals surface area (Å²) in [7, 11) is 1.69. The van der Waals surface area contributed by atoms with E-state index in [9.17, 15) is 14.4 Å². The van der Waals surface area contributed by atoms with Crippen molar-refractivity contribution in [2.75, 3.05) is 64.2 Å². The molecular weight excluding hydrogens is 566 g/mol. The van der Waals surface area contributed by atoms with Crippen LogP contribution in [-0.4, -0.2) is 98.2 Å². The van der Waals surface area contributed by atoms with E-state index < -0.39 is 17.7 Å². The Morgan fingerprint density at radius 3 is 2.66 bits per heavy atom. The lowest BCUT2D eigenvalue weighted by molar-refractivity contribution is -0.132. The monoisotopic (exact) mass is 606 g/mol. The molecule has 1 spiro atoms. The summed E-state index contributed by atoms with van der Waals surface area (Å²) in [4.78, 5) is 47.4. The van der Waals surface area contributed by atoms with Crippen molar-refractivity contribution in [2.45, 2.75) is 37.8 Å². The zero-order valence-corrected chi connectivity index (χ0v) is 25.1. The van der Waals surface area contributed by atoms with Crippen molar-refractivity contribution in [2.24, 2.45) is 0 Å². The molecule has 13 nitrogen and oxygen atoms in total. The third-order valence-electron chi connectivity index (χ3n) is 8.30. The second-order valence-electron chi connectivity index (χ2n) is 11.3. The minimum absolute atomic E-state index is 0.238. The maximum absolute atomic E-state index is 13.7. The number of likely N-dealkylation sites (N-methyl/N-ethyl adjacent to an activating group) is 1. The fourth-order valence-corrected chi connectivity index (χ4v) is 5.78. The van der Waals surface area contributed by atoms with Crippen molar-refractivity contribution < 1.29 is 34.0 Å². The van der Waals surface area contributed by atoms with Crippen molar-refractivity contribution in [1.29, 1.82) is 0 Å². The third-order valence-corrected chi connectivity index (χ3v) is 8.30. The van der Waals surface area contributed by atoms with Gasteiger partial charge in [-0.1, -0.05) is 18.2 Å². The van der Waals surface area contributed by atoms with Crippen molar-refractivity contribution in [1.82, 2.24) is 20.1 Å². The first-order valence-corrected chi connectivity index (χ1v) is 14.8. The predicted molar refractivity (Wildman–Crippen MR) is 164 cm³/mol. The number of aryl methyl sites for hydroxylation is 1. The number of urea groups is 1. The van der Waals surface area contributed by atoms with Gasteiger partial charge in [0.2, 0.25) is 5.91 Å². The normalized spacial score (nSPS) is 24.0. The van der Waals surface area contributed by atoms with Crippen LogP contribution in [0.15, 0.2) is 30.5 Å². The smallest absolute Gasteiger partial charge is 0.413 e. The summed E-state index contributed by atoms with van der Waals surface area (Å²) in [6.45, 7) is 4.29. The van der Waals surface area contributed by atoms with Gasteiger partial charge in [0, 0.05) is 63.4 Å². The molecule has 4 aliphatic heterocycles. The maximum Gasteiger partial charge on any atom is 0.413 e. The fourth-order valence-electron chi connectivity index (χ4n) is 5.78. The summed E-state index contributed by atoms with van der Waals surface area (Å²) in [6, 6.07) is 4.44. The molecule has 5 heterocycles. The number of hydrogen-bond donors (Lipinski definition) is 4. The first kappa shape index (κ1) is 31.0. The number of pyridine rings is 1. The number of nitrogens with one attached hydrogen (secondary N) is 2. The Morgan fingerprint density at radius 2 is 1.89 bits per heavy atom. The van der Waals surface area contributed by atoms with E-state index in [0.717, 1.165) is 22.3 Å². The average Bonchev–Trinajstić information content (AvgIpc) is 3.01. The molecule has 1 fully saturated rings. The molecule has 2 aromatic rings. The molecule has 13 heteroatoms. The second-order valence-corrected chi connectivity index (χ2v) is 11.3. The Labute approximate surface area is 256 Å². The molecule has 6 rings (SSSR count). The van der Waals surface area contributed by atoms with Crippen LogP contribution in [0.4, 0.5) is 21.1 Å². The number of anilines is 2. The number of nitrogens with two attached hydrogens (primary N) is 2. The molecule has 1 saturated heterocycles. The maximum atomic E-state index is 13.7. The number of benzene rings is 1. The number of hydrogen-bond acceptors (Lipinski definition) is 8. The number of aromatic nitrogens is 1. The van der Waals surface area contributed by atoms with E-state index in [1.165, 1.54) is 6.21 Å². The minimum Gasteiger partial charge on any atom is -0.437 e. The fraction of sp³-hybridized carbons (Fsp3) is 0.452. The van der Waals surface area contributed by atoms with E-state index in [-0.39, 0.29) is 18.4 Å². The van der Waals surface area contributed by atoms with Crippen LogP contribution in [0.3, 0.4) is 0 Å². The third kappa shape index (κ3) is 6.84. The van der Waals surface area contributed by atoms with Crippen LogP contribution < -0.4 is 21.8 Å². The predicted octanol–water partition coefficient (Wildman–Crippen LogP) is 0.843. The number of ether oxygens (including phenoxy) is 3. The van der Waals surface area contributed by atoms with Crippen molar-refractivity contribution in [3.05, 3.63) is 58.3 Å². The van der Waals surface area contributed by atoms with Gasteiger partial charge in [0.15, 0.2) is 6.21 Å². The van der Waals surface area contributed by atoms with Crippen LogP contribution in [0.5, 0.6) is 0 Å². The number of nitrogen functional groups attached to an aromatic ring is 1. The van der Waals surface area contributed by atoms with Gasteiger partial charge in [-0.05, 0) is 35.7 Å². The molecule has 1 aromatic carbocycles. The first-order valence-electron chi connectivity index (χ1n) is 14.8. The van der Waals surface area contributed by atoms with Crippen molar-refractivity contribution in [3.63, 3.8) is 0 Å². The Morgan fingerprint density at radius 1 is 1.11 bits per heavy atom. The highest BCUT2D eigenvalue weighted by atomic mass is 16.6. The zero-order chi connectivity index (χ0) is 31.3. The van der Waals surface area contributed by atoms with Gasteiger partial charge in [-0.3, -0.25) is 15.5 Å². The van der Waals surface area contributed by atoms with Crippen LogP contribution in [0, 0.1) is 6.92 Å². The summed E-state index contributed by atoms with van der Waals surface area (Å²) in [5.41, 5.74) is 9.71. The Balaban J connectivity index is 1.40. The Bertz CT molecular complexity index is 1450. The minimum atomic E-state index is -0.927. The number of rotatable bonds is 3. The number of amides is 4. The summed E-state index contributed by atoms with van der Waals surface area (Å²) in [5, 5.41) is 11.4. The number of fused-ring (bicyclic) bond motifs is 14. The SMILES string of the molecule is Cc1cc(C[C@H]2NC(=O)N3CCC4(CC3)OC(=O)Nc3ncc(cc34)/C=C/COCCOCCN(C)C2=O)cc(C=[NH2+])c1N. The van der Waals surface area contributed by atoms with Gasteiger partial charge in [0.1, 0.15) is 17.5 Å². The molecule has 6 N–H and O–H groups in total. The van der Waals surface area contributed by atoms with E-state index >= 15 is 0 Å². The molecule has 1 atom stereocenters. The molecule has 4 bridgehead atoms. The summed E-state index contributed by atoms with van der Waals surface area (Å²) >= 11 is 0. The lowest BCUT2D eigenvalue weighted by atomic mass is 9.83. The molecule has 0 aliphatic carbocycles. The van der Waals surface area contributed by atoms with Gasteiger partial charge in [-0.25, -0.2) is 14.6 Å². The van der Waals surface area contributed by atoms with Crippen molar-refractivity contribution in [3.8, 4) is 0 Å². The zero-order valence-electron chi connectivity index (χ0n) is 25.1. The van der Waals surface area contributed by atoms with Crippen LogP contribution in [0.25, 0.3) is 6.08 Å². The second kappa shape index (κ2) is 13.4. The molecule has 0 unspecified atom stereocenters. The molecule has 44 heavy (non-hydrogen) atoms. The van der Waals surface area contributed by atoms with Gasteiger partial charge in [0.05, 0.1) is 32.0 Å². The summed E-state index contributed by atoms with van der Waals surface area (Å²) < 4.78 is 17.2. The number of carbonyl (C=O) groups is 3. The van der Waals surface area contributed by atoms with Crippen LogP contribution in [0.2, 0.25) is 0 Å². The quantitative estimate of drug-likeness (QED) is 0.226. The van der Waals surface area contributed by atoms with Gasteiger partial charge in [0.25, 0.3) is 0 Å². The van der Waals surface area contributed by atoms with Crippen LogP contribution >= 0.6 is 0 Å². The van der Waals surface area contributed by atoms with Crippen LogP contribution in [0.1, 0.15) is 40.7 Å². The highest BCUT2D eigenvalue weighted by Crippen LogP contribution is 2.43. The van der Waals surface area contributed by atoms with E-state index in [1.54, 1.807) is 23.0 Å². The molecule has 1 aromatic heterocycles. The van der Waals surface area contributed by atoms with E-state index in [0.29, 0.717) is 76.0 Å². The molecule has 0 saturated carbocycles. The van der Waals surface area contributed by atoms with E-state index in [1.807, 2.05) is 37.3 Å². The van der Waals surface area contributed by atoms with E-state index in [2.05, 4.69) is 15.6 Å². The van der Waals surface area contributed by atoms with E-state index in [4.69, 9.17) is 25.4 Å². The molecular formula is C31H40N7O6+. The molecule has 4 amide bonds. The highest BCUT2D eigenvalue weighted by molar-refractivity contribution is 5.89. The number of piperidine rings is 1. The van der Waals surface area contributed by atoms with Gasteiger partial charge >= 0.3 is 12.1 Å². The Kier molecular flexibility index (Phi) is 9.45. The van der Waals surface area contributed by atoms with Crippen LogP contribution in [-0.2, 0) is 31.0 Å². The number of carbonyl (C=O) groups excluding carboxylic acids is 3. The topological polar surface area (TPSA) is 174 Å². The van der Waals surface area contributed by atoms with Gasteiger partial charge < -0.3 is 35.1 Å². The van der Waals surface area contributed by atoms with Crippen molar-refractivity contribution >= 4 is 41.8 Å². The first-order chi connectivity index (χ1) is 21.2. The van der Waals surface area contributed by atoms with Gasteiger partial charge in [-0.15, -0.1) is 0 Å².